The third kappa shape index (κ3) is 4.21. The Labute approximate surface area is 129 Å². The lowest BCUT2D eigenvalue weighted by molar-refractivity contribution is 0.0696. The van der Waals surface area contributed by atoms with E-state index in [0.29, 0.717) is 5.75 Å². The van der Waals surface area contributed by atoms with Crippen LogP contribution in [0.15, 0.2) is 24.3 Å². The van der Waals surface area contributed by atoms with E-state index in [0.717, 1.165) is 26.1 Å². The molecule has 0 unspecified atom stereocenters. The van der Waals surface area contributed by atoms with Gasteiger partial charge in [0.15, 0.2) is 0 Å². The van der Waals surface area contributed by atoms with Gasteiger partial charge in [-0.05, 0) is 43.5 Å². The van der Waals surface area contributed by atoms with Gasteiger partial charge in [-0.15, -0.1) is 0 Å². The molecule has 0 radical (unpaired) electrons. The van der Waals surface area contributed by atoms with Crippen molar-refractivity contribution >= 4 is 0 Å². The second-order valence-electron chi connectivity index (χ2n) is 6.43. The molecule has 1 fully saturated rings. The van der Waals surface area contributed by atoms with Crippen LogP contribution < -0.4 is 5.73 Å². The normalized spacial score (nSPS) is 18.6. The number of phenolic OH excluding ortho intramolecular Hbond substituents is 1. The van der Waals surface area contributed by atoms with Crippen molar-refractivity contribution in [2.75, 3.05) is 13.1 Å². The highest BCUT2D eigenvalue weighted by Gasteiger charge is 2.35. The SMILES string of the molecule is CCCN(Cc1cccc(O)c1)C1(CN)CCCCCC1. The Morgan fingerprint density at radius 2 is 1.90 bits per heavy atom. The topological polar surface area (TPSA) is 49.5 Å². The van der Waals surface area contributed by atoms with Crippen LogP contribution in [0.1, 0.15) is 57.4 Å². The molecule has 3 heteroatoms. The maximum Gasteiger partial charge on any atom is 0.115 e. The molecule has 0 heterocycles. The molecule has 0 aromatic heterocycles. The minimum atomic E-state index is 0.151. The van der Waals surface area contributed by atoms with Gasteiger partial charge in [-0.25, -0.2) is 0 Å². The standard InChI is InChI=1S/C18H30N2O/c1-2-12-20(14-16-8-7-9-17(21)13-16)18(15-19)10-5-3-4-6-11-18/h7-9,13,21H,2-6,10-12,14-15,19H2,1H3. The molecule has 0 bridgehead atoms. The highest BCUT2D eigenvalue weighted by Crippen LogP contribution is 2.33. The van der Waals surface area contributed by atoms with Crippen LogP contribution in [-0.4, -0.2) is 28.6 Å². The van der Waals surface area contributed by atoms with E-state index in [1.54, 1.807) is 6.07 Å². The second kappa shape index (κ2) is 7.81. The molecule has 1 aliphatic rings. The number of aromatic hydroxyl groups is 1. The minimum absolute atomic E-state index is 0.151. The number of rotatable bonds is 6. The molecular formula is C18H30N2O. The summed E-state index contributed by atoms with van der Waals surface area (Å²) in [6.45, 7) is 4.94. The monoisotopic (exact) mass is 290 g/mol. The van der Waals surface area contributed by atoms with Gasteiger partial charge in [-0.1, -0.05) is 44.7 Å². The summed E-state index contributed by atoms with van der Waals surface area (Å²) >= 11 is 0. The largest absolute Gasteiger partial charge is 0.508 e. The molecule has 1 aliphatic carbocycles. The number of hydrogen-bond acceptors (Lipinski definition) is 3. The predicted molar refractivity (Wildman–Crippen MR) is 88.3 cm³/mol. The first-order valence-electron chi connectivity index (χ1n) is 8.43. The van der Waals surface area contributed by atoms with Gasteiger partial charge in [0.05, 0.1) is 0 Å². The van der Waals surface area contributed by atoms with E-state index >= 15 is 0 Å². The lowest BCUT2D eigenvalue weighted by atomic mass is 9.87. The fourth-order valence-electron chi connectivity index (χ4n) is 3.67. The second-order valence-corrected chi connectivity index (χ2v) is 6.43. The van der Waals surface area contributed by atoms with Gasteiger partial charge in [-0.2, -0.15) is 0 Å². The van der Waals surface area contributed by atoms with Crippen molar-refractivity contribution in [2.45, 2.75) is 64.0 Å². The summed E-state index contributed by atoms with van der Waals surface area (Å²) in [7, 11) is 0. The zero-order valence-electron chi connectivity index (χ0n) is 13.4. The molecule has 3 nitrogen and oxygen atoms in total. The van der Waals surface area contributed by atoms with E-state index in [4.69, 9.17) is 5.73 Å². The Bertz CT molecular complexity index is 425. The van der Waals surface area contributed by atoms with Gasteiger partial charge in [0, 0.05) is 18.6 Å². The van der Waals surface area contributed by atoms with Crippen molar-refractivity contribution < 1.29 is 5.11 Å². The van der Waals surface area contributed by atoms with Crippen LogP contribution in [0.3, 0.4) is 0 Å². The Kier molecular flexibility index (Phi) is 6.07. The number of benzene rings is 1. The van der Waals surface area contributed by atoms with Crippen molar-refractivity contribution in [3.05, 3.63) is 29.8 Å². The van der Waals surface area contributed by atoms with Gasteiger partial charge in [-0.3, -0.25) is 4.90 Å². The van der Waals surface area contributed by atoms with Gasteiger partial charge in [0.2, 0.25) is 0 Å². The molecule has 0 amide bonds. The van der Waals surface area contributed by atoms with E-state index in [1.807, 2.05) is 12.1 Å². The van der Waals surface area contributed by atoms with E-state index in [-0.39, 0.29) is 5.54 Å². The van der Waals surface area contributed by atoms with Crippen LogP contribution >= 0.6 is 0 Å². The smallest absolute Gasteiger partial charge is 0.115 e. The van der Waals surface area contributed by atoms with Crippen molar-refractivity contribution in [2.24, 2.45) is 5.73 Å². The van der Waals surface area contributed by atoms with Crippen LogP contribution in [0.2, 0.25) is 0 Å². The Balaban J connectivity index is 2.18. The Morgan fingerprint density at radius 3 is 2.48 bits per heavy atom. The molecule has 21 heavy (non-hydrogen) atoms. The van der Waals surface area contributed by atoms with E-state index in [1.165, 1.54) is 44.1 Å². The van der Waals surface area contributed by atoms with Gasteiger partial charge in [0.1, 0.15) is 5.75 Å². The summed E-state index contributed by atoms with van der Waals surface area (Å²) in [4.78, 5) is 2.58. The molecule has 0 atom stereocenters. The molecule has 1 aromatic rings. The fourth-order valence-corrected chi connectivity index (χ4v) is 3.67. The highest BCUT2D eigenvalue weighted by atomic mass is 16.3. The molecule has 2 rings (SSSR count). The quantitative estimate of drug-likeness (QED) is 0.786. The number of hydrogen-bond donors (Lipinski definition) is 2. The van der Waals surface area contributed by atoms with E-state index in [9.17, 15) is 5.11 Å². The van der Waals surface area contributed by atoms with Gasteiger partial charge < -0.3 is 10.8 Å². The maximum absolute atomic E-state index is 9.69. The number of nitrogens with zero attached hydrogens (tertiary/aromatic N) is 1. The van der Waals surface area contributed by atoms with Crippen LogP contribution in [0, 0.1) is 0 Å². The minimum Gasteiger partial charge on any atom is -0.508 e. The van der Waals surface area contributed by atoms with Gasteiger partial charge >= 0.3 is 0 Å². The Hall–Kier alpha value is -1.06. The zero-order valence-corrected chi connectivity index (χ0v) is 13.4. The van der Waals surface area contributed by atoms with E-state index in [2.05, 4.69) is 17.9 Å². The summed E-state index contributed by atoms with van der Waals surface area (Å²) in [5.74, 6) is 0.353. The van der Waals surface area contributed by atoms with Gasteiger partial charge in [0.25, 0.3) is 0 Å². The van der Waals surface area contributed by atoms with Crippen molar-refractivity contribution in [1.82, 2.24) is 4.90 Å². The molecule has 1 aromatic carbocycles. The maximum atomic E-state index is 9.69. The molecule has 0 aliphatic heterocycles. The first kappa shape index (κ1) is 16.3. The Morgan fingerprint density at radius 1 is 1.19 bits per heavy atom. The average Bonchev–Trinajstić information content (AvgIpc) is 2.73. The molecule has 0 spiro atoms. The summed E-state index contributed by atoms with van der Waals surface area (Å²) in [5, 5.41) is 9.69. The fraction of sp³-hybridized carbons (Fsp3) is 0.667. The predicted octanol–water partition coefficient (Wildman–Crippen LogP) is 3.66. The van der Waals surface area contributed by atoms with Crippen LogP contribution in [0.25, 0.3) is 0 Å². The lowest BCUT2D eigenvalue weighted by Crippen LogP contribution is -2.53. The van der Waals surface area contributed by atoms with Crippen LogP contribution in [0.5, 0.6) is 5.75 Å². The zero-order chi connectivity index (χ0) is 15.1. The van der Waals surface area contributed by atoms with Crippen molar-refractivity contribution in [1.29, 1.82) is 0 Å². The molecule has 0 saturated heterocycles. The summed E-state index contributed by atoms with van der Waals surface area (Å²) < 4.78 is 0. The number of nitrogens with two attached hydrogens (primary N) is 1. The average molecular weight is 290 g/mol. The lowest BCUT2D eigenvalue weighted by Gasteiger charge is -2.43. The summed E-state index contributed by atoms with van der Waals surface area (Å²) in [6, 6.07) is 7.64. The third-order valence-electron chi connectivity index (χ3n) is 4.86. The first-order chi connectivity index (χ1) is 10.2. The molecule has 118 valence electrons. The van der Waals surface area contributed by atoms with E-state index < -0.39 is 0 Å². The number of phenols is 1. The third-order valence-corrected chi connectivity index (χ3v) is 4.86. The van der Waals surface area contributed by atoms with Crippen molar-refractivity contribution in [3.63, 3.8) is 0 Å². The summed E-state index contributed by atoms with van der Waals surface area (Å²) in [5.41, 5.74) is 7.56. The van der Waals surface area contributed by atoms with Crippen LogP contribution in [0.4, 0.5) is 0 Å². The molecule has 1 saturated carbocycles. The highest BCUT2D eigenvalue weighted by molar-refractivity contribution is 5.27. The summed E-state index contributed by atoms with van der Waals surface area (Å²) in [6.07, 6.45) is 8.82. The van der Waals surface area contributed by atoms with Crippen molar-refractivity contribution in [3.8, 4) is 5.75 Å². The molecule has 3 N–H and O–H groups in total. The van der Waals surface area contributed by atoms with Crippen LogP contribution in [-0.2, 0) is 6.54 Å². The molecular weight excluding hydrogens is 260 g/mol. The first-order valence-corrected chi connectivity index (χ1v) is 8.43.